The van der Waals surface area contributed by atoms with E-state index < -0.39 is 45.3 Å². The first kappa shape index (κ1) is 12.4. The molecule has 0 fully saturated rings. The molecule has 0 aromatic carbocycles. The van der Waals surface area contributed by atoms with Gasteiger partial charge in [0.05, 0.1) is 0 Å². The molecule has 0 aromatic rings. The van der Waals surface area contributed by atoms with Crippen LogP contribution in [0, 0.1) is 0 Å². The van der Waals surface area contributed by atoms with E-state index in [4.69, 9.17) is 10.0 Å². The van der Waals surface area contributed by atoms with Crippen molar-refractivity contribution in [1.82, 2.24) is 0 Å². The van der Waals surface area contributed by atoms with Gasteiger partial charge in [-0.15, -0.1) is 0 Å². The maximum atomic E-state index is 9.57. The normalized spacial score (nSPS) is 5.86. The summed E-state index contributed by atoms with van der Waals surface area (Å²) in [4.78, 5) is 14.8. The van der Waals surface area contributed by atoms with Gasteiger partial charge in [0.1, 0.15) is 0 Å². The summed E-state index contributed by atoms with van der Waals surface area (Å²) in [5.41, 5.74) is 0. The summed E-state index contributed by atoms with van der Waals surface area (Å²) in [5.74, 6) is -0.749. The number of halogens is 1. The topological polar surface area (TPSA) is 37.3 Å². The standard InChI is InChI=1S/C2H3O2.ClH.2Sr.2H/c1-2(3)4;;;;;/h1H2,(H,3,4);1H;;;;/q;;;+1;;/p-1. The van der Waals surface area contributed by atoms with Gasteiger partial charge in [0.25, 0.3) is 0 Å². The summed E-state index contributed by atoms with van der Waals surface area (Å²) in [6.45, 7) is 0. The Morgan fingerprint density at radius 1 is 1.86 bits per heavy atom. The monoisotopic (exact) mass is 272 g/mol. The van der Waals surface area contributed by atoms with Crippen LogP contribution in [0.25, 0.3) is 0 Å². The quantitative estimate of drug-likeness (QED) is 0.683. The first-order valence-electron chi connectivity index (χ1n) is 1.55. The number of hydrogen-bond donors (Lipinski definition) is 1. The summed E-state index contributed by atoms with van der Waals surface area (Å²) in [5, 5.41) is 7.88. The van der Waals surface area contributed by atoms with E-state index in [-0.39, 0.29) is 46.9 Å². The van der Waals surface area contributed by atoms with Crippen LogP contribution in [-0.2, 0) is 4.79 Å². The van der Waals surface area contributed by atoms with E-state index in [1.165, 1.54) is 0 Å². The molecule has 0 aliphatic carbocycles. The molecule has 0 saturated heterocycles. The van der Waals surface area contributed by atoms with Gasteiger partial charge in [-0.3, -0.25) is 0 Å². The average molecular weight is 272 g/mol. The summed E-state index contributed by atoms with van der Waals surface area (Å²) < 4.78 is 0.267. The van der Waals surface area contributed by atoms with Crippen molar-refractivity contribution >= 4 is 95.7 Å². The van der Waals surface area contributed by atoms with E-state index >= 15 is 0 Å². The Bertz CT molecular complexity index is 57.7. The van der Waals surface area contributed by atoms with Crippen molar-refractivity contribution in [2.24, 2.45) is 0 Å². The number of aliphatic carboxylic acids is 1. The second-order valence-corrected chi connectivity index (χ2v) is 5.23. The number of carboxylic acids is 1. The molecular weight excluding hydrogens is 267 g/mol. The fourth-order valence-corrected chi connectivity index (χ4v) is 1.43. The van der Waals surface area contributed by atoms with Crippen LogP contribution >= 0.6 is 4.91 Å². The summed E-state index contributed by atoms with van der Waals surface area (Å²) in [6.07, 6.45) is 0. The van der Waals surface area contributed by atoms with Gasteiger partial charge in [-0.1, -0.05) is 0 Å². The molecule has 5 heteroatoms. The fraction of sp³-hybridized carbons (Fsp3) is 0.500. The van der Waals surface area contributed by atoms with Gasteiger partial charge < -0.3 is 0 Å². The van der Waals surface area contributed by atoms with Crippen molar-refractivity contribution in [2.75, 3.05) is 0 Å². The molecule has 0 radical (unpaired) electrons. The van der Waals surface area contributed by atoms with E-state index in [9.17, 15) is 4.79 Å². The molecule has 7 heavy (non-hydrogen) atoms. The summed E-state index contributed by atoms with van der Waals surface area (Å²) in [7, 11) is 0. The second kappa shape index (κ2) is 8.72. The molecule has 0 aromatic heterocycles. The predicted octanol–water partition coefficient (Wildman–Crippen LogP) is -0.569. The van der Waals surface area contributed by atoms with E-state index in [1.54, 1.807) is 0 Å². The van der Waals surface area contributed by atoms with Gasteiger partial charge in [0, 0.05) is 0 Å². The third-order valence-corrected chi connectivity index (χ3v) is 2.94. The number of rotatable bonds is 2. The van der Waals surface area contributed by atoms with Crippen LogP contribution in [0.15, 0.2) is 0 Å². The zero-order valence-corrected chi connectivity index (χ0v) is 7.38. The van der Waals surface area contributed by atoms with Gasteiger partial charge in [-0.2, -0.15) is 0 Å². The molecule has 0 aliphatic rings. The van der Waals surface area contributed by atoms with Gasteiger partial charge in [0.15, 0.2) is 0 Å². The fourth-order valence-electron chi connectivity index (χ4n) is 0.0808. The Morgan fingerprint density at radius 2 is 2.29 bits per heavy atom. The minimum absolute atomic E-state index is 0. The van der Waals surface area contributed by atoms with Crippen molar-refractivity contribution in [3.8, 4) is 0 Å². The molecule has 0 amide bonds. The van der Waals surface area contributed by atoms with Crippen molar-refractivity contribution in [2.45, 2.75) is 1.39 Å². The molecule has 2 nitrogen and oxygen atoms in total. The number of carboxylic acid groups (broad SMARTS) is 1. The van der Waals surface area contributed by atoms with Gasteiger partial charge >= 0.3 is 107 Å². The van der Waals surface area contributed by atoms with Crippen molar-refractivity contribution in [1.29, 1.82) is 0 Å². The Kier molecular flexibility index (Phi) is 15.5. The molecule has 0 bridgehead atoms. The average Bonchev–Trinajstić information content (AvgIpc) is 1.35. The van der Waals surface area contributed by atoms with Crippen molar-refractivity contribution < 1.29 is 9.90 Å². The van der Waals surface area contributed by atoms with Crippen LogP contribution in [0.3, 0.4) is 0 Å². The van der Waals surface area contributed by atoms with Gasteiger partial charge in [-0.25, -0.2) is 0 Å². The first-order chi connectivity index (χ1) is 2.77. The molecule has 0 rings (SSSR count). The molecule has 0 saturated carbocycles. The Hall–Kier alpha value is 2.72. The van der Waals surface area contributed by atoms with E-state index in [0.717, 1.165) is 0 Å². The zero-order chi connectivity index (χ0) is 4.99. The summed E-state index contributed by atoms with van der Waals surface area (Å²) in [6, 6.07) is 0. The van der Waals surface area contributed by atoms with Crippen LogP contribution in [0.4, 0.5) is 0 Å². The summed E-state index contributed by atoms with van der Waals surface area (Å²) >= 11 is -1.25. The van der Waals surface area contributed by atoms with E-state index in [0.29, 0.717) is 0 Å². The molecule has 1 N–H and O–H groups in total. The Balaban J connectivity index is 0. The van der Waals surface area contributed by atoms with E-state index in [2.05, 4.69) is 0 Å². The van der Waals surface area contributed by atoms with Gasteiger partial charge in [0.2, 0.25) is 0 Å². The Morgan fingerprint density at radius 3 is 2.29 bits per heavy atom. The van der Waals surface area contributed by atoms with Crippen LogP contribution < -0.4 is 0 Å². The van der Waals surface area contributed by atoms with Crippen molar-refractivity contribution in [3.63, 3.8) is 0 Å². The first-order valence-corrected chi connectivity index (χ1v) is 8.48. The zero-order valence-electron chi connectivity index (χ0n) is 3.15. The third-order valence-electron chi connectivity index (χ3n) is 0.308. The molecule has 0 atom stereocenters. The molecule has 0 aliphatic heterocycles. The maximum absolute atomic E-state index is 9.57. The number of hydrogen-bond acceptors (Lipinski definition) is 1. The SMILES string of the molecule is O=C(O)[CH2][Sr][Cl].[SrH2]. The minimum atomic E-state index is -1.25. The van der Waals surface area contributed by atoms with E-state index in [1.807, 2.05) is 0 Å². The predicted molar refractivity (Wildman–Crippen MR) is 32.6 cm³/mol. The molecule has 36 valence electrons. The molecule has 0 unspecified atom stereocenters. The molecular formula is C2H5ClO2Sr2. The Labute approximate surface area is 104 Å². The van der Waals surface area contributed by atoms with Crippen molar-refractivity contribution in [3.05, 3.63) is 0 Å². The third kappa shape index (κ3) is 12.0. The van der Waals surface area contributed by atoms with Crippen LogP contribution in [0.1, 0.15) is 0 Å². The van der Waals surface area contributed by atoms with Crippen LogP contribution in [0.2, 0.25) is 1.39 Å². The number of carbonyl (C=O) groups is 1. The molecule has 0 heterocycles. The van der Waals surface area contributed by atoms with Gasteiger partial charge in [-0.05, 0) is 0 Å². The second-order valence-electron chi connectivity index (χ2n) is 0.833. The van der Waals surface area contributed by atoms with Crippen LogP contribution in [0.5, 0.6) is 0 Å². The molecule has 0 spiro atoms. The van der Waals surface area contributed by atoms with Crippen LogP contribution in [-0.4, -0.2) is 95.9 Å².